The number of para-hydroxylation sites is 3. The second-order valence-electron chi connectivity index (χ2n) is 6.59. The van der Waals surface area contributed by atoms with Crippen molar-refractivity contribution in [2.24, 2.45) is 0 Å². The van der Waals surface area contributed by atoms with Crippen LogP contribution in [0.2, 0.25) is 0 Å². The number of carbonyl (C=O) groups is 2. The topological polar surface area (TPSA) is 104 Å². The molecule has 0 aliphatic rings. The predicted octanol–water partition coefficient (Wildman–Crippen LogP) is 5.37. The summed E-state index contributed by atoms with van der Waals surface area (Å²) in [5.41, 5.74) is 1.40. The number of benzene rings is 4. The zero-order chi connectivity index (χ0) is 22.9. The summed E-state index contributed by atoms with van der Waals surface area (Å²) in [7, 11) is 0. The Bertz CT molecular complexity index is 1200. The summed E-state index contributed by atoms with van der Waals surface area (Å²) in [5, 5.41) is 28.2. The fourth-order valence-corrected chi connectivity index (χ4v) is 2.86. The van der Waals surface area contributed by atoms with Crippen LogP contribution < -0.4 is 4.74 Å². The number of hydrogen-bond donors (Lipinski definition) is 3. The third-order valence-corrected chi connectivity index (χ3v) is 4.43. The van der Waals surface area contributed by atoms with E-state index < -0.39 is 11.9 Å². The molecule has 0 fully saturated rings. The molecule has 0 amide bonds. The number of aromatic hydroxyl groups is 2. The maximum absolute atomic E-state index is 11.7. The predicted molar refractivity (Wildman–Crippen MR) is 120 cm³/mol. The van der Waals surface area contributed by atoms with Crippen molar-refractivity contribution in [3.05, 3.63) is 114 Å². The van der Waals surface area contributed by atoms with Crippen molar-refractivity contribution in [1.82, 2.24) is 0 Å². The van der Waals surface area contributed by atoms with Gasteiger partial charge in [-0.25, -0.2) is 9.59 Å². The van der Waals surface area contributed by atoms with Gasteiger partial charge in [-0.15, -0.1) is 0 Å². The van der Waals surface area contributed by atoms with E-state index in [1.54, 1.807) is 48.5 Å². The first kappa shape index (κ1) is 22.1. The van der Waals surface area contributed by atoms with Gasteiger partial charge in [0.05, 0.1) is 0 Å². The molecule has 0 aromatic heterocycles. The first-order valence-corrected chi connectivity index (χ1v) is 9.63. The number of carboxylic acid groups (broad SMARTS) is 1. The van der Waals surface area contributed by atoms with Crippen molar-refractivity contribution in [3.63, 3.8) is 0 Å². The van der Waals surface area contributed by atoms with Crippen LogP contribution in [0.25, 0.3) is 11.1 Å². The average molecular weight is 428 g/mol. The van der Waals surface area contributed by atoms with E-state index in [0.29, 0.717) is 11.3 Å². The molecule has 0 saturated carbocycles. The molecule has 32 heavy (non-hydrogen) atoms. The SMILES string of the molecule is O=C(O)c1cccc(-c2ccccc2)c1O.O=C(Oc1ccccc1)c1ccccc1O. The summed E-state index contributed by atoms with van der Waals surface area (Å²) in [4.78, 5) is 22.5. The highest BCUT2D eigenvalue weighted by Gasteiger charge is 2.14. The Labute approximate surface area is 184 Å². The minimum absolute atomic E-state index is 0.0802. The van der Waals surface area contributed by atoms with Crippen molar-refractivity contribution >= 4 is 11.9 Å². The molecule has 4 rings (SSSR count). The van der Waals surface area contributed by atoms with E-state index in [1.165, 1.54) is 18.2 Å². The normalized spacial score (nSPS) is 9.88. The smallest absolute Gasteiger partial charge is 0.347 e. The fraction of sp³-hybridized carbons (Fsp3) is 0. The molecule has 0 aliphatic heterocycles. The lowest BCUT2D eigenvalue weighted by Crippen LogP contribution is -2.08. The second-order valence-corrected chi connectivity index (χ2v) is 6.59. The van der Waals surface area contributed by atoms with E-state index in [4.69, 9.17) is 9.84 Å². The summed E-state index contributed by atoms with van der Waals surface area (Å²) < 4.78 is 5.08. The zero-order valence-corrected chi connectivity index (χ0v) is 16.9. The molecule has 6 heteroatoms. The molecule has 0 spiro atoms. The van der Waals surface area contributed by atoms with E-state index in [-0.39, 0.29) is 22.6 Å². The van der Waals surface area contributed by atoms with Crippen LogP contribution in [0.1, 0.15) is 20.7 Å². The van der Waals surface area contributed by atoms with Crippen molar-refractivity contribution in [3.8, 4) is 28.4 Å². The van der Waals surface area contributed by atoms with Gasteiger partial charge in [-0.1, -0.05) is 72.8 Å². The quantitative estimate of drug-likeness (QED) is 0.298. The Balaban J connectivity index is 0.000000181. The van der Waals surface area contributed by atoms with Crippen molar-refractivity contribution in [2.75, 3.05) is 0 Å². The summed E-state index contributed by atoms with van der Waals surface area (Å²) in [5.74, 6) is -1.51. The molecular weight excluding hydrogens is 408 g/mol. The minimum Gasteiger partial charge on any atom is -0.507 e. The summed E-state index contributed by atoms with van der Waals surface area (Å²) >= 11 is 0. The van der Waals surface area contributed by atoms with E-state index in [2.05, 4.69) is 0 Å². The summed E-state index contributed by atoms with van der Waals surface area (Å²) in [6.07, 6.45) is 0. The molecule has 4 aromatic rings. The highest BCUT2D eigenvalue weighted by molar-refractivity contribution is 5.94. The van der Waals surface area contributed by atoms with Gasteiger partial charge in [0.15, 0.2) is 0 Å². The third-order valence-electron chi connectivity index (χ3n) is 4.43. The molecule has 0 unspecified atom stereocenters. The molecule has 0 heterocycles. The van der Waals surface area contributed by atoms with Gasteiger partial charge in [-0.3, -0.25) is 0 Å². The maximum Gasteiger partial charge on any atom is 0.347 e. The Morgan fingerprint density at radius 2 is 1.19 bits per heavy atom. The van der Waals surface area contributed by atoms with Crippen LogP contribution in [0.15, 0.2) is 103 Å². The van der Waals surface area contributed by atoms with Gasteiger partial charge < -0.3 is 20.1 Å². The van der Waals surface area contributed by atoms with Crippen molar-refractivity contribution < 1.29 is 29.6 Å². The van der Waals surface area contributed by atoms with Gasteiger partial charge in [0.1, 0.15) is 28.4 Å². The standard InChI is InChI=1S/2C13H10O3/c14-12-9-5-4-8-11(12)13(15)16-10-6-2-1-3-7-10;14-12-10(9-5-2-1-3-6-9)7-4-8-11(12)13(15)16/h1-9,14H;1-8,14H,(H,15,16). The molecule has 0 saturated heterocycles. The summed E-state index contributed by atoms with van der Waals surface area (Å²) in [6, 6.07) is 28.9. The largest absolute Gasteiger partial charge is 0.507 e. The Kier molecular flexibility index (Phi) is 7.22. The first-order chi connectivity index (χ1) is 15.5. The molecule has 3 N–H and O–H groups in total. The number of rotatable bonds is 4. The highest BCUT2D eigenvalue weighted by Crippen LogP contribution is 2.31. The maximum atomic E-state index is 11.7. The number of phenols is 2. The van der Waals surface area contributed by atoms with Gasteiger partial charge >= 0.3 is 11.9 Å². The Morgan fingerprint density at radius 1 is 0.625 bits per heavy atom. The van der Waals surface area contributed by atoms with Crippen LogP contribution in [0.4, 0.5) is 0 Å². The number of carboxylic acids is 1. The molecule has 160 valence electrons. The van der Waals surface area contributed by atoms with Crippen LogP contribution in [-0.2, 0) is 0 Å². The van der Waals surface area contributed by atoms with E-state index >= 15 is 0 Å². The Hall–Kier alpha value is -4.58. The number of phenolic OH excluding ortho intramolecular Hbond substituents is 1. The van der Waals surface area contributed by atoms with Crippen LogP contribution in [0.5, 0.6) is 17.2 Å². The lowest BCUT2D eigenvalue weighted by atomic mass is 10.0. The second kappa shape index (κ2) is 10.4. The number of aromatic carboxylic acids is 1. The van der Waals surface area contributed by atoms with Gasteiger partial charge in [-0.05, 0) is 35.9 Å². The fourth-order valence-electron chi connectivity index (χ4n) is 2.86. The number of esters is 1. The van der Waals surface area contributed by atoms with E-state index in [0.717, 1.165) is 5.56 Å². The molecule has 0 atom stereocenters. The highest BCUT2D eigenvalue weighted by atomic mass is 16.5. The summed E-state index contributed by atoms with van der Waals surface area (Å²) in [6.45, 7) is 0. The lowest BCUT2D eigenvalue weighted by molar-refractivity contribution is 0.0691. The Morgan fingerprint density at radius 3 is 1.81 bits per heavy atom. The number of hydrogen-bond acceptors (Lipinski definition) is 5. The molecule has 0 aliphatic carbocycles. The minimum atomic E-state index is -1.13. The van der Waals surface area contributed by atoms with Gasteiger partial charge in [-0.2, -0.15) is 0 Å². The van der Waals surface area contributed by atoms with Crippen molar-refractivity contribution in [1.29, 1.82) is 0 Å². The van der Waals surface area contributed by atoms with Crippen molar-refractivity contribution in [2.45, 2.75) is 0 Å². The molecule has 0 radical (unpaired) electrons. The number of ether oxygens (including phenoxy) is 1. The monoisotopic (exact) mass is 428 g/mol. The molecule has 0 bridgehead atoms. The van der Waals surface area contributed by atoms with E-state index in [9.17, 15) is 19.8 Å². The molecule has 4 aromatic carbocycles. The van der Waals surface area contributed by atoms with Crippen LogP contribution in [-0.4, -0.2) is 27.3 Å². The molecular formula is C26H20O6. The van der Waals surface area contributed by atoms with Crippen LogP contribution in [0, 0.1) is 0 Å². The van der Waals surface area contributed by atoms with Crippen LogP contribution in [0.3, 0.4) is 0 Å². The van der Waals surface area contributed by atoms with Gasteiger partial charge in [0.2, 0.25) is 0 Å². The third kappa shape index (κ3) is 5.52. The number of carbonyl (C=O) groups excluding carboxylic acids is 1. The van der Waals surface area contributed by atoms with Gasteiger partial charge in [0.25, 0.3) is 0 Å². The van der Waals surface area contributed by atoms with E-state index in [1.807, 2.05) is 36.4 Å². The first-order valence-electron chi connectivity index (χ1n) is 9.63. The molecule has 6 nitrogen and oxygen atoms in total. The zero-order valence-electron chi connectivity index (χ0n) is 16.9. The average Bonchev–Trinajstić information content (AvgIpc) is 2.81. The lowest BCUT2D eigenvalue weighted by Gasteiger charge is -2.06. The van der Waals surface area contributed by atoms with Crippen LogP contribution >= 0.6 is 0 Å². The van der Waals surface area contributed by atoms with Gasteiger partial charge in [0, 0.05) is 5.56 Å².